The Hall–Kier alpha value is -3.06. The van der Waals surface area contributed by atoms with Gasteiger partial charge in [0.1, 0.15) is 12.4 Å². The lowest BCUT2D eigenvalue weighted by Crippen LogP contribution is -2.25. The number of ether oxygens (including phenoxy) is 2. The van der Waals surface area contributed by atoms with Crippen LogP contribution in [0, 0.1) is 0 Å². The SMILES string of the molecule is CCOc1cc(C=Nn2c(C3CCCCC3)nc3ccccc3c2=O)cc(Cl)c1OCc1ccc(Cl)cc1Cl. The smallest absolute Gasteiger partial charge is 0.282 e. The molecule has 1 aromatic heterocycles. The number of fused-ring (bicyclic) bond motifs is 1. The second kappa shape index (κ2) is 12.4. The zero-order valence-electron chi connectivity index (χ0n) is 21.5. The lowest BCUT2D eigenvalue weighted by Gasteiger charge is -2.22. The van der Waals surface area contributed by atoms with E-state index in [1.165, 1.54) is 11.1 Å². The Morgan fingerprint density at radius 1 is 1.00 bits per heavy atom. The molecule has 3 aromatic carbocycles. The van der Waals surface area contributed by atoms with E-state index in [1.54, 1.807) is 42.6 Å². The highest BCUT2D eigenvalue weighted by molar-refractivity contribution is 6.35. The van der Waals surface area contributed by atoms with Gasteiger partial charge in [0.15, 0.2) is 11.5 Å². The first-order valence-corrected chi connectivity index (χ1v) is 14.2. The third kappa shape index (κ3) is 6.24. The third-order valence-electron chi connectivity index (χ3n) is 6.79. The van der Waals surface area contributed by atoms with Gasteiger partial charge >= 0.3 is 0 Å². The normalized spacial score (nSPS) is 14.3. The van der Waals surface area contributed by atoms with Crippen LogP contribution in [0.1, 0.15) is 61.9 Å². The molecule has 1 heterocycles. The summed E-state index contributed by atoms with van der Waals surface area (Å²) in [5, 5.41) is 6.56. The number of benzene rings is 3. The summed E-state index contributed by atoms with van der Waals surface area (Å²) in [6, 6.07) is 16.1. The van der Waals surface area contributed by atoms with Crippen LogP contribution in [-0.4, -0.2) is 22.5 Å². The molecule has 202 valence electrons. The van der Waals surface area contributed by atoms with Gasteiger partial charge in [-0.3, -0.25) is 4.79 Å². The molecule has 39 heavy (non-hydrogen) atoms. The minimum absolute atomic E-state index is 0.186. The molecule has 0 amide bonds. The van der Waals surface area contributed by atoms with Gasteiger partial charge in [-0.05, 0) is 61.7 Å². The fourth-order valence-corrected chi connectivity index (χ4v) is 5.59. The molecule has 4 aromatic rings. The first kappa shape index (κ1) is 27.5. The maximum atomic E-state index is 13.5. The van der Waals surface area contributed by atoms with E-state index in [2.05, 4.69) is 5.10 Å². The standard InChI is InChI=1S/C30H28Cl3N3O3/c1-2-38-27-15-19(14-25(33)28(27)39-18-21-12-13-22(31)16-24(21)32)17-34-36-29(20-8-4-3-5-9-20)35-26-11-7-6-10-23(26)30(36)37/h6-7,10-17,20H,2-5,8-9,18H2,1H3. The summed E-state index contributed by atoms with van der Waals surface area (Å²) in [5.41, 5.74) is 1.94. The summed E-state index contributed by atoms with van der Waals surface area (Å²) in [7, 11) is 0. The number of nitrogens with zero attached hydrogens (tertiary/aromatic N) is 3. The van der Waals surface area contributed by atoms with Crippen molar-refractivity contribution in [3.05, 3.63) is 97.0 Å². The van der Waals surface area contributed by atoms with E-state index in [4.69, 9.17) is 49.3 Å². The van der Waals surface area contributed by atoms with Crippen molar-refractivity contribution in [2.45, 2.75) is 51.6 Å². The molecule has 0 bridgehead atoms. The number of aromatic nitrogens is 2. The maximum Gasteiger partial charge on any atom is 0.282 e. The minimum atomic E-state index is -0.187. The molecule has 0 spiro atoms. The summed E-state index contributed by atoms with van der Waals surface area (Å²) >= 11 is 18.9. The van der Waals surface area contributed by atoms with Crippen molar-refractivity contribution in [2.75, 3.05) is 6.61 Å². The minimum Gasteiger partial charge on any atom is -0.490 e. The third-order valence-corrected chi connectivity index (χ3v) is 7.66. The number of para-hydroxylation sites is 1. The first-order valence-electron chi connectivity index (χ1n) is 13.0. The van der Waals surface area contributed by atoms with Crippen LogP contribution >= 0.6 is 34.8 Å². The highest BCUT2D eigenvalue weighted by Crippen LogP contribution is 2.38. The van der Waals surface area contributed by atoms with Gasteiger partial charge in [0.2, 0.25) is 0 Å². The number of halogens is 3. The van der Waals surface area contributed by atoms with E-state index in [0.717, 1.165) is 31.2 Å². The molecule has 0 aliphatic heterocycles. The molecule has 0 saturated heterocycles. The Morgan fingerprint density at radius 2 is 1.79 bits per heavy atom. The van der Waals surface area contributed by atoms with Gasteiger partial charge < -0.3 is 9.47 Å². The molecule has 1 aliphatic carbocycles. The van der Waals surface area contributed by atoms with E-state index in [1.807, 2.05) is 25.1 Å². The lowest BCUT2D eigenvalue weighted by atomic mass is 9.88. The molecular formula is C30H28Cl3N3O3. The van der Waals surface area contributed by atoms with E-state index in [0.29, 0.717) is 55.5 Å². The molecule has 0 radical (unpaired) electrons. The van der Waals surface area contributed by atoms with E-state index in [9.17, 15) is 4.79 Å². The fraction of sp³-hybridized carbons (Fsp3) is 0.300. The number of hydrogen-bond donors (Lipinski definition) is 0. The molecule has 9 heteroatoms. The summed E-state index contributed by atoms with van der Waals surface area (Å²) in [6.45, 7) is 2.48. The van der Waals surface area contributed by atoms with Crippen LogP contribution in [-0.2, 0) is 6.61 Å². The molecule has 1 saturated carbocycles. The van der Waals surface area contributed by atoms with Gasteiger partial charge in [0, 0.05) is 21.5 Å². The molecule has 0 unspecified atom stereocenters. The van der Waals surface area contributed by atoms with Gasteiger partial charge in [0.25, 0.3) is 5.56 Å². The quantitative estimate of drug-likeness (QED) is 0.196. The van der Waals surface area contributed by atoms with Crippen LogP contribution < -0.4 is 15.0 Å². The topological polar surface area (TPSA) is 65.7 Å². The molecule has 1 fully saturated rings. The fourth-order valence-electron chi connectivity index (χ4n) is 4.86. The average Bonchev–Trinajstić information content (AvgIpc) is 2.93. The Morgan fingerprint density at radius 3 is 2.56 bits per heavy atom. The van der Waals surface area contributed by atoms with E-state index >= 15 is 0 Å². The molecular weight excluding hydrogens is 557 g/mol. The number of rotatable bonds is 8. The van der Waals surface area contributed by atoms with Crippen molar-refractivity contribution in [3.8, 4) is 11.5 Å². The van der Waals surface area contributed by atoms with Gasteiger partial charge in [-0.15, -0.1) is 0 Å². The Kier molecular flexibility index (Phi) is 8.75. The predicted molar refractivity (Wildman–Crippen MR) is 158 cm³/mol. The summed E-state index contributed by atoms with van der Waals surface area (Å²) in [5.74, 6) is 1.75. The highest BCUT2D eigenvalue weighted by atomic mass is 35.5. The first-order chi connectivity index (χ1) is 18.9. The van der Waals surface area contributed by atoms with E-state index < -0.39 is 0 Å². The van der Waals surface area contributed by atoms with Gasteiger partial charge in [-0.25, -0.2) is 4.98 Å². The average molecular weight is 585 g/mol. The van der Waals surface area contributed by atoms with Crippen LogP contribution in [0.25, 0.3) is 10.9 Å². The molecule has 0 N–H and O–H groups in total. The molecule has 5 rings (SSSR count). The van der Waals surface area contributed by atoms with Crippen LogP contribution in [0.5, 0.6) is 11.5 Å². The van der Waals surface area contributed by atoms with Crippen LogP contribution in [0.3, 0.4) is 0 Å². The Labute approximate surface area is 242 Å². The van der Waals surface area contributed by atoms with Crippen molar-refractivity contribution in [1.82, 2.24) is 9.66 Å². The molecule has 0 atom stereocenters. The summed E-state index contributed by atoms with van der Waals surface area (Å²) in [6.07, 6.45) is 7.03. The van der Waals surface area contributed by atoms with Crippen LogP contribution in [0.4, 0.5) is 0 Å². The van der Waals surface area contributed by atoms with Crippen molar-refractivity contribution < 1.29 is 9.47 Å². The number of hydrogen-bond acceptors (Lipinski definition) is 5. The van der Waals surface area contributed by atoms with Crippen LogP contribution in [0.2, 0.25) is 15.1 Å². The zero-order valence-corrected chi connectivity index (χ0v) is 23.8. The second-order valence-corrected chi connectivity index (χ2v) is 10.7. The predicted octanol–water partition coefficient (Wildman–Crippen LogP) is 8.26. The lowest BCUT2D eigenvalue weighted by molar-refractivity contribution is 0.269. The summed E-state index contributed by atoms with van der Waals surface area (Å²) < 4.78 is 13.3. The van der Waals surface area contributed by atoms with Crippen molar-refractivity contribution in [3.63, 3.8) is 0 Å². The highest BCUT2D eigenvalue weighted by Gasteiger charge is 2.22. The van der Waals surface area contributed by atoms with Crippen molar-refractivity contribution in [1.29, 1.82) is 0 Å². The molecule has 1 aliphatic rings. The van der Waals surface area contributed by atoms with Crippen molar-refractivity contribution >= 4 is 51.9 Å². The van der Waals surface area contributed by atoms with Gasteiger partial charge in [-0.1, -0.05) is 72.3 Å². The summed E-state index contributed by atoms with van der Waals surface area (Å²) in [4.78, 5) is 18.4. The van der Waals surface area contributed by atoms with E-state index in [-0.39, 0.29) is 18.1 Å². The Balaban J connectivity index is 1.49. The second-order valence-electron chi connectivity index (χ2n) is 9.47. The molecule has 6 nitrogen and oxygen atoms in total. The maximum absolute atomic E-state index is 13.5. The Bertz CT molecular complexity index is 1580. The van der Waals surface area contributed by atoms with Crippen molar-refractivity contribution in [2.24, 2.45) is 5.10 Å². The van der Waals surface area contributed by atoms with Crippen LogP contribution in [0.15, 0.2) is 64.5 Å². The van der Waals surface area contributed by atoms with Gasteiger partial charge in [0.05, 0.1) is 28.7 Å². The van der Waals surface area contributed by atoms with Gasteiger partial charge in [-0.2, -0.15) is 9.78 Å². The largest absolute Gasteiger partial charge is 0.490 e. The zero-order chi connectivity index (χ0) is 27.4. The monoisotopic (exact) mass is 583 g/mol.